The van der Waals surface area contributed by atoms with E-state index < -0.39 is 12.1 Å². The summed E-state index contributed by atoms with van der Waals surface area (Å²) >= 11 is 0. The van der Waals surface area contributed by atoms with Gasteiger partial charge in [0.15, 0.2) is 0 Å². The Bertz CT molecular complexity index is 575. The number of rotatable bonds is 4. The second kappa shape index (κ2) is 6.14. The van der Waals surface area contributed by atoms with Crippen molar-refractivity contribution in [3.8, 4) is 6.07 Å². The fourth-order valence-corrected chi connectivity index (χ4v) is 2.08. The Morgan fingerprint density at radius 3 is 2.37 bits per heavy atom. The monoisotopic (exact) mass is 252 g/mol. The van der Waals surface area contributed by atoms with Gasteiger partial charge in [0.05, 0.1) is 23.8 Å². The van der Waals surface area contributed by atoms with Crippen molar-refractivity contribution in [1.82, 2.24) is 0 Å². The van der Waals surface area contributed by atoms with Crippen molar-refractivity contribution in [2.75, 3.05) is 0 Å². The first kappa shape index (κ1) is 13.3. The van der Waals surface area contributed by atoms with E-state index in [0.29, 0.717) is 17.5 Å². The SMILES string of the molecule is N#Cc1ccccc1[C@H](N)[C@H](O)Cc1ccccc1. The van der Waals surface area contributed by atoms with E-state index in [1.807, 2.05) is 36.4 Å². The van der Waals surface area contributed by atoms with Gasteiger partial charge in [-0.3, -0.25) is 0 Å². The standard InChI is InChI=1S/C16H16N2O/c17-11-13-8-4-5-9-14(13)16(18)15(19)10-12-6-2-1-3-7-12/h1-9,15-16,19H,10,18H2/t15-,16+/m1/s1. The van der Waals surface area contributed by atoms with Crippen LogP contribution in [0.3, 0.4) is 0 Å². The molecule has 2 aromatic rings. The minimum Gasteiger partial charge on any atom is -0.391 e. The second-order valence-corrected chi connectivity index (χ2v) is 4.48. The third-order valence-corrected chi connectivity index (χ3v) is 3.14. The lowest BCUT2D eigenvalue weighted by Gasteiger charge is -2.20. The molecule has 0 amide bonds. The summed E-state index contributed by atoms with van der Waals surface area (Å²) < 4.78 is 0. The smallest absolute Gasteiger partial charge is 0.0995 e. The highest BCUT2D eigenvalue weighted by molar-refractivity contribution is 5.39. The Hall–Kier alpha value is -2.15. The van der Waals surface area contributed by atoms with Crippen LogP contribution < -0.4 is 5.73 Å². The number of nitriles is 1. The van der Waals surface area contributed by atoms with Gasteiger partial charge in [0, 0.05) is 6.42 Å². The van der Waals surface area contributed by atoms with E-state index in [1.54, 1.807) is 18.2 Å². The van der Waals surface area contributed by atoms with Crippen LogP contribution in [0, 0.1) is 11.3 Å². The van der Waals surface area contributed by atoms with Gasteiger partial charge in [-0.2, -0.15) is 5.26 Å². The van der Waals surface area contributed by atoms with Crippen LogP contribution in [0.25, 0.3) is 0 Å². The molecule has 0 radical (unpaired) electrons. The topological polar surface area (TPSA) is 70.0 Å². The van der Waals surface area contributed by atoms with E-state index in [9.17, 15) is 5.11 Å². The summed E-state index contributed by atoms with van der Waals surface area (Å²) in [6.07, 6.45) is -0.237. The van der Waals surface area contributed by atoms with Crippen LogP contribution in [-0.2, 0) is 6.42 Å². The molecule has 0 aromatic heterocycles. The van der Waals surface area contributed by atoms with Gasteiger partial charge in [0.25, 0.3) is 0 Å². The third kappa shape index (κ3) is 3.19. The Morgan fingerprint density at radius 1 is 1.05 bits per heavy atom. The predicted octanol–water partition coefficient (Wildman–Crippen LogP) is 2.16. The molecule has 0 aliphatic rings. The number of nitrogens with zero attached hydrogens (tertiary/aromatic N) is 1. The van der Waals surface area contributed by atoms with E-state index in [1.165, 1.54) is 0 Å². The molecule has 2 rings (SSSR count). The fraction of sp³-hybridized carbons (Fsp3) is 0.188. The first-order valence-electron chi connectivity index (χ1n) is 6.19. The van der Waals surface area contributed by atoms with E-state index in [2.05, 4.69) is 6.07 Å². The molecule has 2 atom stereocenters. The van der Waals surface area contributed by atoms with Gasteiger partial charge in [0.2, 0.25) is 0 Å². The molecule has 19 heavy (non-hydrogen) atoms. The molecule has 0 unspecified atom stereocenters. The van der Waals surface area contributed by atoms with Crippen molar-refractivity contribution in [2.24, 2.45) is 5.73 Å². The first-order chi connectivity index (χ1) is 9.22. The zero-order chi connectivity index (χ0) is 13.7. The van der Waals surface area contributed by atoms with Crippen LogP contribution in [-0.4, -0.2) is 11.2 Å². The van der Waals surface area contributed by atoms with Crippen molar-refractivity contribution in [1.29, 1.82) is 5.26 Å². The summed E-state index contributed by atoms with van der Waals surface area (Å²) in [5.41, 5.74) is 8.29. The number of aliphatic hydroxyl groups is 1. The van der Waals surface area contributed by atoms with Crippen molar-refractivity contribution < 1.29 is 5.11 Å². The number of aliphatic hydroxyl groups excluding tert-OH is 1. The van der Waals surface area contributed by atoms with Crippen LogP contribution in [0.5, 0.6) is 0 Å². The zero-order valence-electron chi connectivity index (χ0n) is 10.5. The average Bonchev–Trinajstić information content (AvgIpc) is 2.47. The van der Waals surface area contributed by atoms with Gasteiger partial charge in [-0.05, 0) is 17.2 Å². The maximum absolute atomic E-state index is 10.2. The van der Waals surface area contributed by atoms with E-state index in [0.717, 1.165) is 5.56 Å². The molecule has 0 aliphatic carbocycles. The molecule has 0 fully saturated rings. The Morgan fingerprint density at radius 2 is 1.68 bits per heavy atom. The lowest BCUT2D eigenvalue weighted by Crippen LogP contribution is -2.28. The largest absolute Gasteiger partial charge is 0.391 e. The predicted molar refractivity (Wildman–Crippen MR) is 74.2 cm³/mol. The van der Waals surface area contributed by atoms with Crippen LogP contribution >= 0.6 is 0 Å². The Balaban J connectivity index is 2.15. The molecule has 2 aromatic carbocycles. The van der Waals surface area contributed by atoms with E-state index >= 15 is 0 Å². The molecule has 0 saturated carbocycles. The van der Waals surface area contributed by atoms with Crippen LogP contribution in [0.4, 0.5) is 0 Å². The molecule has 3 N–H and O–H groups in total. The highest BCUT2D eigenvalue weighted by atomic mass is 16.3. The maximum atomic E-state index is 10.2. The maximum Gasteiger partial charge on any atom is 0.0995 e. The van der Waals surface area contributed by atoms with Gasteiger partial charge in [0.1, 0.15) is 0 Å². The number of benzene rings is 2. The summed E-state index contributed by atoms with van der Waals surface area (Å²) in [5.74, 6) is 0. The van der Waals surface area contributed by atoms with Crippen molar-refractivity contribution in [3.05, 3.63) is 71.3 Å². The van der Waals surface area contributed by atoms with E-state index in [4.69, 9.17) is 11.0 Å². The molecule has 0 bridgehead atoms. The molecule has 0 saturated heterocycles. The molecule has 0 aliphatic heterocycles. The highest BCUT2D eigenvalue weighted by Gasteiger charge is 2.19. The zero-order valence-corrected chi connectivity index (χ0v) is 10.5. The third-order valence-electron chi connectivity index (χ3n) is 3.14. The lowest BCUT2D eigenvalue weighted by molar-refractivity contribution is 0.145. The number of nitrogens with two attached hydrogens (primary N) is 1. The normalized spacial score (nSPS) is 13.5. The molecule has 3 heteroatoms. The summed E-state index contributed by atoms with van der Waals surface area (Å²) in [5, 5.41) is 19.3. The summed E-state index contributed by atoms with van der Waals surface area (Å²) in [4.78, 5) is 0. The van der Waals surface area contributed by atoms with Crippen LogP contribution in [0.1, 0.15) is 22.7 Å². The second-order valence-electron chi connectivity index (χ2n) is 4.48. The van der Waals surface area contributed by atoms with Gasteiger partial charge < -0.3 is 10.8 Å². The molecular weight excluding hydrogens is 236 g/mol. The Kier molecular flexibility index (Phi) is 4.30. The van der Waals surface area contributed by atoms with Crippen molar-refractivity contribution in [3.63, 3.8) is 0 Å². The minimum absolute atomic E-state index is 0.474. The summed E-state index contributed by atoms with van der Waals surface area (Å²) in [7, 11) is 0. The summed E-state index contributed by atoms with van der Waals surface area (Å²) in [6, 6.07) is 18.3. The molecule has 96 valence electrons. The van der Waals surface area contributed by atoms with Crippen molar-refractivity contribution >= 4 is 0 Å². The average molecular weight is 252 g/mol. The van der Waals surface area contributed by atoms with Gasteiger partial charge in [-0.15, -0.1) is 0 Å². The minimum atomic E-state index is -0.711. The van der Waals surface area contributed by atoms with Gasteiger partial charge in [-0.1, -0.05) is 48.5 Å². The molecule has 3 nitrogen and oxygen atoms in total. The lowest BCUT2D eigenvalue weighted by atomic mass is 9.94. The van der Waals surface area contributed by atoms with E-state index in [-0.39, 0.29) is 0 Å². The number of hydrogen-bond donors (Lipinski definition) is 2. The molecular formula is C16H16N2O. The molecule has 0 spiro atoms. The first-order valence-corrected chi connectivity index (χ1v) is 6.19. The van der Waals surface area contributed by atoms with Crippen molar-refractivity contribution in [2.45, 2.75) is 18.6 Å². The van der Waals surface area contributed by atoms with Crippen LogP contribution in [0.15, 0.2) is 54.6 Å². The Labute approximate surface area is 112 Å². The van der Waals surface area contributed by atoms with Gasteiger partial charge >= 0.3 is 0 Å². The number of hydrogen-bond acceptors (Lipinski definition) is 3. The highest BCUT2D eigenvalue weighted by Crippen LogP contribution is 2.20. The quantitative estimate of drug-likeness (QED) is 0.876. The van der Waals surface area contributed by atoms with Gasteiger partial charge in [-0.25, -0.2) is 0 Å². The molecule has 0 heterocycles. The fourth-order valence-electron chi connectivity index (χ4n) is 2.08. The van der Waals surface area contributed by atoms with Crippen LogP contribution in [0.2, 0.25) is 0 Å². The summed E-state index contributed by atoms with van der Waals surface area (Å²) in [6.45, 7) is 0.